The van der Waals surface area contributed by atoms with Crippen molar-refractivity contribution in [2.75, 3.05) is 5.32 Å². The van der Waals surface area contributed by atoms with Crippen LogP contribution >= 0.6 is 11.3 Å². The first kappa shape index (κ1) is 18.9. The molecule has 1 heterocycles. The molecule has 0 aliphatic heterocycles. The first-order chi connectivity index (χ1) is 15.8. The molecule has 1 N–H and O–H groups in total. The smallest absolute Gasteiger partial charge is 0.0590 e. The third kappa shape index (κ3) is 3.45. The van der Waals surface area contributed by atoms with Gasteiger partial charge in [0.15, 0.2) is 0 Å². The van der Waals surface area contributed by atoms with Crippen molar-refractivity contribution in [1.82, 2.24) is 0 Å². The quantitative estimate of drug-likeness (QED) is 0.296. The van der Waals surface area contributed by atoms with Crippen LogP contribution in [-0.4, -0.2) is 0 Å². The maximum atomic E-state index is 3.71. The third-order valence-corrected chi connectivity index (χ3v) is 7.08. The van der Waals surface area contributed by atoms with Crippen LogP contribution in [0.4, 0.5) is 11.4 Å². The van der Waals surface area contributed by atoms with E-state index in [0.29, 0.717) is 0 Å². The van der Waals surface area contributed by atoms with Gasteiger partial charge in [0.1, 0.15) is 0 Å². The first-order valence-corrected chi connectivity index (χ1v) is 11.6. The Hall–Kier alpha value is -3.88. The fourth-order valence-corrected chi connectivity index (χ4v) is 5.40. The summed E-state index contributed by atoms with van der Waals surface area (Å²) in [4.78, 5) is 0. The Morgan fingerprint density at radius 1 is 0.469 bits per heavy atom. The topological polar surface area (TPSA) is 12.0 Å². The van der Waals surface area contributed by atoms with E-state index in [2.05, 4.69) is 127 Å². The lowest BCUT2D eigenvalue weighted by Crippen LogP contribution is -1.92. The Bertz CT molecular complexity index is 1510. The van der Waals surface area contributed by atoms with Crippen molar-refractivity contribution >= 4 is 42.9 Å². The van der Waals surface area contributed by atoms with Crippen LogP contribution in [0.3, 0.4) is 0 Å². The molecule has 0 amide bonds. The molecule has 0 aliphatic rings. The predicted molar refractivity (Wildman–Crippen MR) is 140 cm³/mol. The summed E-state index contributed by atoms with van der Waals surface area (Å²) in [6, 6.07) is 43.1. The monoisotopic (exact) mass is 427 g/mol. The maximum absolute atomic E-state index is 3.71. The number of rotatable bonds is 4. The van der Waals surface area contributed by atoms with Crippen molar-refractivity contribution in [1.29, 1.82) is 0 Å². The molecule has 0 bridgehead atoms. The summed E-state index contributed by atoms with van der Waals surface area (Å²) in [5, 5.41) is 6.32. The van der Waals surface area contributed by atoms with E-state index in [9.17, 15) is 0 Å². The third-order valence-electron chi connectivity index (χ3n) is 5.86. The highest BCUT2D eigenvalue weighted by Gasteiger charge is 2.12. The Morgan fingerprint density at radius 2 is 1.06 bits per heavy atom. The molecule has 1 aromatic heterocycles. The van der Waals surface area contributed by atoms with Gasteiger partial charge < -0.3 is 5.32 Å². The van der Waals surface area contributed by atoms with Gasteiger partial charge in [-0.2, -0.15) is 0 Å². The summed E-state index contributed by atoms with van der Waals surface area (Å²) in [5.41, 5.74) is 7.15. The van der Waals surface area contributed by atoms with Gasteiger partial charge in [-0.15, -0.1) is 11.3 Å². The minimum atomic E-state index is 1.09. The summed E-state index contributed by atoms with van der Waals surface area (Å²) >= 11 is 1.85. The van der Waals surface area contributed by atoms with Crippen LogP contribution in [0.15, 0.2) is 121 Å². The number of hydrogen-bond acceptors (Lipinski definition) is 2. The first-order valence-electron chi connectivity index (χ1n) is 10.8. The van der Waals surface area contributed by atoms with E-state index in [1.807, 2.05) is 11.3 Å². The second-order valence-electron chi connectivity index (χ2n) is 7.93. The molecular formula is C30H21NS. The van der Waals surface area contributed by atoms with Crippen molar-refractivity contribution in [3.63, 3.8) is 0 Å². The van der Waals surface area contributed by atoms with Crippen LogP contribution < -0.4 is 5.32 Å². The van der Waals surface area contributed by atoms with Gasteiger partial charge in [-0.1, -0.05) is 91.0 Å². The standard InChI is InChI=1S/C30H21NS/c1-3-9-21(10-4-1)23-15-17-25(18-16-23)31-28-20-24(22-11-5-2-6-12-22)19-27-26-13-7-8-14-29(26)32-30(27)28/h1-20,31H. The van der Waals surface area contributed by atoms with Gasteiger partial charge in [-0.05, 0) is 52.6 Å². The van der Waals surface area contributed by atoms with E-state index in [4.69, 9.17) is 0 Å². The highest BCUT2D eigenvalue weighted by molar-refractivity contribution is 7.26. The molecule has 0 unspecified atom stereocenters. The second kappa shape index (κ2) is 7.99. The highest BCUT2D eigenvalue weighted by atomic mass is 32.1. The summed E-state index contributed by atoms with van der Waals surface area (Å²) in [7, 11) is 0. The lowest BCUT2D eigenvalue weighted by atomic mass is 10.0. The second-order valence-corrected chi connectivity index (χ2v) is 8.99. The SMILES string of the molecule is c1ccc(-c2ccc(Nc3cc(-c4ccccc4)cc4c3sc3ccccc34)cc2)cc1. The molecular weight excluding hydrogens is 406 g/mol. The van der Waals surface area contributed by atoms with Crippen LogP contribution in [0.5, 0.6) is 0 Å². The average Bonchev–Trinajstić information content (AvgIpc) is 3.25. The van der Waals surface area contributed by atoms with Crippen molar-refractivity contribution < 1.29 is 0 Å². The van der Waals surface area contributed by atoms with Crippen LogP contribution in [-0.2, 0) is 0 Å². The summed E-state index contributed by atoms with van der Waals surface area (Å²) in [6.07, 6.45) is 0. The van der Waals surface area contributed by atoms with E-state index in [1.165, 1.54) is 42.4 Å². The van der Waals surface area contributed by atoms with Crippen LogP contribution in [0.2, 0.25) is 0 Å². The van der Waals surface area contributed by atoms with Crippen molar-refractivity contribution in [3.05, 3.63) is 121 Å². The number of benzene rings is 5. The van der Waals surface area contributed by atoms with Gasteiger partial charge in [-0.3, -0.25) is 0 Å². The van der Waals surface area contributed by atoms with Crippen molar-refractivity contribution in [3.8, 4) is 22.3 Å². The Kier molecular flexibility index (Phi) is 4.71. The lowest BCUT2D eigenvalue weighted by molar-refractivity contribution is 1.56. The zero-order chi connectivity index (χ0) is 21.3. The van der Waals surface area contributed by atoms with Gasteiger partial charge in [0.25, 0.3) is 0 Å². The van der Waals surface area contributed by atoms with Crippen LogP contribution in [0.25, 0.3) is 42.4 Å². The van der Waals surface area contributed by atoms with E-state index in [1.54, 1.807) is 0 Å². The van der Waals surface area contributed by atoms with E-state index in [0.717, 1.165) is 11.4 Å². The molecule has 0 saturated carbocycles. The Labute approximate surface area is 191 Å². The summed E-state index contributed by atoms with van der Waals surface area (Å²) < 4.78 is 2.60. The molecule has 1 nitrogen and oxygen atoms in total. The van der Waals surface area contributed by atoms with Gasteiger partial charge in [0.2, 0.25) is 0 Å². The average molecular weight is 428 g/mol. The number of hydrogen-bond donors (Lipinski definition) is 1. The molecule has 0 fully saturated rings. The number of nitrogens with one attached hydrogen (secondary N) is 1. The van der Waals surface area contributed by atoms with E-state index < -0.39 is 0 Å². The Morgan fingerprint density at radius 3 is 1.78 bits per heavy atom. The highest BCUT2D eigenvalue weighted by Crippen LogP contribution is 2.42. The molecule has 0 saturated heterocycles. The minimum absolute atomic E-state index is 1.09. The molecule has 5 aromatic carbocycles. The molecule has 152 valence electrons. The summed E-state index contributed by atoms with van der Waals surface area (Å²) in [5.74, 6) is 0. The molecule has 6 rings (SSSR count). The van der Waals surface area contributed by atoms with Gasteiger partial charge in [0, 0.05) is 21.2 Å². The van der Waals surface area contributed by atoms with Crippen molar-refractivity contribution in [2.45, 2.75) is 0 Å². The number of anilines is 2. The number of fused-ring (bicyclic) bond motifs is 3. The van der Waals surface area contributed by atoms with Gasteiger partial charge >= 0.3 is 0 Å². The van der Waals surface area contributed by atoms with Gasteiger partial charge in [0.05, 0.1) is 10.4 Å². The lowest BCUT2D eigenvalue weighted by Gasteiger charge is -2.12. The van der Waals surface area contributed by atoms with Crippen molar-refractivity contribution in [2.24, 2.45) is 0 Å². The zero-order valence-electron chi connectivity index (χ0n) is 17.5. The normalized spacial score (nSPS) is 11.1. The molecule has 0 radical (unpaired) electrons. The predicted octanol–water partition coefficient (Wildman–Crippen LogP) is 9.13. The number of thiophene rings is 1. The Balaban J connectivity index is 1.46. The molecule has 0 atom stereocenters. The minimum Gasteiger partial charge on any atom is -0.354 e. The maximum Gasteiger partial charge on any atom is 0.0590 e. The van der Waals surface area contributed by atoms with E-state index >= 15 is 0 Å². The summed E-state index contributed by atoms with van der Waals surface area (Å²) in [6.45, 7) is 0. The van der Waals surface area contributed by atoms with Crippen LogP contribution in [0.1, 0.15) is 0 Å². The fraction of sp³-hybridized carbons (Fsp3) is 0. The zero-order valence-corrected chi connectivity index (χ0v) is 18.3. The molecule has 32 heavy (non-hydrogen) atoms. The van der Waals surface area contributed by atoms with E-state index in [-0.39, 0.29) is 0 Å². The molecule has 0 aliphatic carbocycles. The largest absolute Gasteiger partial charge is 0.354 e. The van der Waals surface area contributed by atoms with Crippen LogP contribution in [0, 0.1) is 0 Å². The molecule has 2 heteroatoms. The molecule has 6 aromatic rings. The molecule has 0 spiro atoms. The van der Waals surface area contributed by atoms with Gasteiger partial charge in [-0.25, -0.2) is 0 Å². The fourth-order valence-electron chi connectivity index (χ4n) is 4.25.